The largest absolute Gasteiger partial charge is 0.506 e. The predicted octanol–water partition coefficient (Wildman–Crippen LogP) is 3.03. The zero-order chi connectivity index (χ0) is 14.8. The van der Waals surface area contributed by atoms with E-state index >= 15 is 0 Å². The number of phenols is 1. The van der Waals surface area contributed by atoms with Gasteiger partial charge in [-0.15, -0.1) is 12.4 Å². The molecule has 0 aromatic heterocycles. The molecule has 4 N–H and O–H groups in total. The van der Waals surface area contributed by atoms with Gasteiger partial charge in [0.25, 0.3) is 0 Å². The minimum absolute atomic E-state index is 0. The maximum absolute atomic E-state index is 11.9. The van der Waals surface area contributed by atoms with Crippen LogP contribution >= 0.6 is 12.4 Å². The standard InChI is InChI=1S/C15H24N2O2.ClH/c1-9(2)13(16)14(19)17-11-8-10(15(3,4)5)6-7-12(11)18;/h6-9,13,18H,16H2,1-5H3,(H,17,19);1H. The summed E-state index contributed by atoms with van der Waals surface area (Å²) in [5.41, 5.74) is 7.19. The highest BCUT2D eigenvalue weighted by Gasteiger charge is 2.20. The van der Waals surface area contributed by atoms with E-state index in [0.717, 1.165) is 5.56 Å². The summed E-state index contributed by atoms with van der Waals surface area (Å²) in [7, 11) is 0. The van der Waals surface area contributed by atoms with Gasteiger partial charge in [0.2, 0.25) is 5.91 Å². The number of rotatable bonds is 3. The molecular formula is C15H25ClN2O2. The quantitative estimate of drug-likeness (QED) is 0.751. The summed E-state index contributed by atoms with van der Waals surface area (Å²) in [5, 5.41) is 12.5. The molecule has 0 spiro atoms. The third-order valence-corrected chi connectivity index (χ3v) is 3.14. The molecule has 1 atom stereocenters. The van der Waals surface area contributed by atoms with Gasteiger partial charge in [-0.1, -0.05) is 40.7 Å². The van der Waals surface area contributed by atoms with Gasteiger partial charge in [0.15, 0.2) is 0 Å². The van der Waals surface area contributed by atoms with E-state index in [1.54, 1.807) is 12.1 Å². The van der Waals surface area contributed by atoms with E-state index in [-0.39, 0.29) is 35.4 Å². The second-order valence-corrected chi connectivity index (χ2v) is 6.24. The Morgan fingerprint density at radius 1 is 1.30 bits per heavy atom. The van der Waals surface area contributed by atoms with Crippen LogP contribution in [0.3, 0.4) is 0 Å². The molecule has 0 bridgehead atoms. The Morgan fingerprint density at radius 2 is 1.85 bits per heavy atom. The predicted molar refractivity (Wildman–Crippen MR) is 85.5 cm³/mol. The number of amides is 1. The first-order valence-corrected chi connectivity index (χ1v) is 6.53. The molecular weight excluding hydrogens is 276 g/mol. The summed E-state index contributed by atoms with van der Waals surface area (Å²) in [5.74, 6) is -0.179. The first-order valence-electron chi connectivity index (χ1n) is 6.53. The fraction of sp³-hybridized carbons (Fsp3) is 0.533. The lowest BCUT2D eigenvalue weighted by Crippen LogP contribution is -2.39. The average molecular weight is 301 g/mol. The van der Waals surface area contributed by atoms with E-state index in [1.807, 2.05) is 19.9 Å². The number of hydrogen-bond acceptors (Lipinski definition) is 3. The van der Waals surface area contributed by atoms with Crippen LogP contribution in [0.4, 0.5) is 5.69 Å². The van der Waals surface area contributed by atoms with Gasteiger partial charge in [-0.25, -0.2) is 0 Å². The third-order valence-electron chi connectivity index (χ3n) is 3.14. The maximum atomic E-state index is 11.9. The second kappa shape index (κ2) is 6.95. The van der Waals surface area contributed by atoms with Gasteiger partial charge in [0.05, 0.1) is 11.7 Å². The Bertz CT molecular complexity index is 467. The van der Waals surface area contributed by atoms with Crippen LogP contribution in [0.5, 0.6) is 5.75 Å². The molecule has 1 rings (SSSR count). The van der Waals surface area contributed by atoms with E-state index in [1.165, 1.54) is 0 Å². The summed E-state index contributed by atoms with van der Waals surface area (Å²) in [6.45, 7) is 9.99. The van der Waals surface area contributed by atoms with Crippen LogP contribution in [0.1, 0.15) is 40.2 Å². The van der Waals surface area contributed by atoms with Crippen molar-refractivity contribution in [2.24, 2.45) is 11.7 Å². The van der Waals surface area contributed by atoms with Crippen LogP contribution in [0.25, 0.3) is 0 Å². The van der Waals surface area contributed by atoms with Gasteiger partial charge >= 0.3 is 0 Å². The zero-order valence-corrected chi connectivity index (χ0v) is 13.5. The molecule has 4 nitrogen and oxygen atoms in total. The SMILES string of the molecule is CC(C)C(N)C(=O)Nc1cc(C(C)(C)C)ccc1O.Cl. The zero-order valence-electron chi connectivity index (χ0n) is 12.7. The van der Waals surface area contributed by atoms with Crippen molar-refractivity contribution in [2.45, 2.75) is 46.1 Å². The molecule has 1 aromatic rings. The van der Waals surface area contributed by atoms with Gasteiger partial charge in [0.1, 0.15) is 5.75 Å². The molecule has 1 aromatic carbocycles. The van der Waals surface area contributed by atoms with Crippen molar-refractivity contribution < 1.29 is 9.90 Å². The Hall–Kier alpha value is -1.26. The molecule has 0 radical (unpaired) electrons. The summed E-state index contributed by atoms with van der Waals surface area (Å²) >= 11 is 0. The Morgan fingerprint density at radius 3 is 2.30 bits per heavy atom. The number of phenolic OH excluding ortho intramolecular Hbond substituents is 1. The van der Waals surface area contributed by atoms with Crippen molar-refractivity contribution >= 4 is 24.0 Å². The number of carbonyl (C=O) groups excluding carboxylic acids is 1. The number of hydrogen-bond donors (Lipinski definition) is 3. The number of halogens is 1. The fourth-order valence-electron chi connectivity index (χ4n) is 1.62. The lowest BCUT2D eigenvalue weighted by molar-refractivity contribution is -0.118. The van der Waals surface area contributed by atoms with E-state index in [2.05, 4.69) is 26.1 Å². The number of aromatic hydroxyl groups is 1. The van der Waals surface area contributed by atoms with Crippen molar-refractivity contribution in [1.82, 2.24) is 0 Å². The molecule has 1 amide bonds. The van der Waals surface area contributed by atoms with Gasteiger partial charge in [-0.3, -0.25) is 4.79 Å². The van der Waals surface area contributed by atoms with E-state index in [0.29, 0.717) is 5.69 Å². The molecule has 5 heteroatoms. The number of nitrogens with two attached hydrogens (primary N) is 1. The molecule has 0 aliphatic carbocycles. The fourth-order valence-corrected chi connectivity index (χ4v) is 1.62. The van der Waals surface area contributed by atoms with Crippen molar-refractivity contribution in [1.29, 1.82) is 0 Å². The van der Waals surface area contributed by atoms with Crippen LogP contribution in [-0.4, -0.2) is 17.1 Å². The van der Waals surface area contributed by atoms with Gasteiger partial charge in [-0.2, -0.15) is 0 Å². The number of anilines is 1. The highest BCUT2D eigenvalue weighted by molar-refractivity contribution is 5.96. The van der Waals surface area contributed by atoms with Crippen LogP contribution < -0.4 is 11.1 Å². The summed E-state index contributed by atoms with van der Waals surface area (Å²) in [6, 6.07) is 4.66. The molecule has 0 heterocycles. The molecule has 114 valence electrons. The van der Waals surface area contributed by atoms with Crippen molar-refractivity contribution in [2.75, 3.05) is 5.32 Å². The minimum Gasteiger partial charge on any atom is -0.506 e. The van der Waals surface area contributed by atoms with Crippen molar-refractivity contribution in [3.8, 4) is 5.75 Å². The monoisotopic (exact) mass is 300 g/mol. The number of benzene rings is 1. The highest BCUT2D eigenvalue weighted by atomic mass is 35.5. The Labute approximate surface area is 127 Å². The van der Waals surface area contributed by atoms with Gasteiger partial charge < -0.3 is 16.2 Å². The average Bonchev–Trinajstić information content (AvgIpc) is 2.29. The minimum atomic E-state index is -0.585. The smallest absolute Gasteiger partial charge is 0.241 e. The molecule has 0 aliphatic rings. The summed E-state index contributed by atoms with van der Waals surface area (Å²) in [6.07, 6.45) is 0. The lowest BCUT2D eigenvalue weighted by atomic mass is 9.87. The highest BCUT2D eigenvalue weighted by Crippen LogP contribution is 2.30. The van der Waals surface area contributed by atoms with Crippen LogP contribution in [0.2, 0.25) is 0 Å². The van der Waals surface area contributed by atoms with Crippen molar-refractivity contribution in [3.63, 3.8) is 0 Å². The van der Waals surface area contributed by atoms with E-state index in [4.69, 9.17) is 5.73 Å². The Kier molecular flexibility index (Phi) is 6.51. The van der Waals surface area contributed by atoms with Gasteiger partial charge in [-0.05, 0) is 29.0 Å². The number of nitrogens with one attached hydrogen (secondary N) is 1. The molecule has 0 aliphatic heterocycles. The van der Waals surface area contributed by atoms with Crippen LogP contribution in [0.15, 0.2) is 18.2 Å². The maximum Gasteiger partial charge on any atom is 0.241 e. The van der Waals surface area contributed by atoms with E-state index < -0.39 is 6.04 Å². The summed E-state index contributed by atoms with van der Waals surface area (Å²) < 4.78 is 0. The lowest BCUT2D eigenvalue weighted by Gasteiger charge is -2.21. The third kappa shape index (κ3) is 4.69. The van der Waals surface area contributed by atoms with Crippen LogP contribution in [0, 0.1) is 5.92 Å². The molecule has 1 unspecified atom stereocenters. The van der Waals surface area contributed by atoms with Crippen LogP contribution in [-0.2, 0) is 10.2 Å². The molecule has 0 saturated carbocycles. The number of carbonyl (C=O) groups is 1. The normalized spacial score (nSPS) is 12.8. The molecule has 20 heavy (non-hydrogen) atoms. The molecule has 0 saturated heterocycles. The first-order chi connectivity index (χ1) is 8.62. The second-order valence-electron chi connectivity index (χ2n) is 6.24. The Balaban J connectivity index is 0.00000361. The first kappa shape index (κ1) is 18.7. The summed E-state index contributed by atoms with van der Waals surface area (Å²) in [4.78, 5) is 11.9. The molecule has 0 fully saturated rings. The van der Waals surface area contributed by atoms with E-state index in [9.17, 15) is 9.90 Å². The van der Waals surface area contributed by atoms with Crippen molar-refractivity contribution in [3.05, 3.63) is 23.8 Å². The van der Waals surface area contributed by atoms with Gasteiger partial charge in [0, 0.05) is 0 Å². The topological polar surface area (TPSA) is 75.4 Å².